The molecule has 3 rings (SSSR count). The summed E-state index contributed by atoms with van der Waals surface area (Å²) in [7, 11) is -2.64. The van der Waals surface area contributed by atoms with Crippen LogP contribution in [0.3, 0.4) is 0 Å². The van der Waals surface area contributed by atoms with Crippen molar-refractivity contribution in [2.75, 3.05) is 7.11 Å². The largest absolute Gasteiger partial charge is 0.497 e. The van der Waals surface area contributed by atoms with Gasteiger partial charge in [0.05, 0.1) is 16.9 Å². The first-order valence-corrected chi connectivity index (χ1v) is 11.5. The number of carbonyl (C=O) groups is 2. The van der Waals surface area contributed by atoms with E-state index in [2.05, 4.69) is 17.2 Å². The predicted octanol–water partition coefficient (Wildman–Crippen LogP) is 3.43. The lowest BCUT2D eigenvalue weighted by Gasteiger charge is -2.24. The van der Waals surface area contributed by atoms with Gasteiger partial charge >= 0.3 is 0 Å². The molecule has 0 bridgehead atoms. The monoisotopic (exact) mass is 435 g/mol. The highest BCUT2D eigenvalue weighted by Gasteiger charge is 2.57. The maximum atomic E-state index is 13.3. The number of benzene rings is 1. The second kappa shape index (κ2) is 8.39. The Labute approximate surface area is 171 Å². The lowest BCUT2D eigenvalue weighted by Crippen LogP contribution is -2.43. The van der Waals surface area contributed by atoms with Crippen molar-refractivity contribution in [3.63, 3.8) is 0 Å². The Balaban J connectivity index is 1.83. The Morgan fingerprint density at radius 1 is 1.18 bits per heavy atom. The fourth-order valence-corrected chi connectivity index (χ4v) is 6.70. The fourth-order valence-electron chi connectivity index (χ4n) is 2.74. The molecule has 2 amide bonds. The van der Waals surface area contributed by atoms with Crippen molar-refractivity contribution in [2.24, 2.45) is 0 Å². The summed E-state index contributed by atoms with van der Waals surface area (Å²) in [6, 6.07) is 9.56. The van der Waals surface area contributed by atoms with E-state index in [0.717, 1.165) is 4.88 Å². The number of thiophene rings is 1. The van der Waals surface area contributed by atoms with Crippen molar-refractivity contribution in [1.82, 2.24) is 5.32 Å². The predicted molar refractivity (Wildman–Crippen MR) is 109 cm³/mol. The molecule has 146 valence electrons. The summed E-state index contributed by atoms with van der Waals surface area (Å²) in [5.74, 6) is 5.68. The Bertz CT molecular complexity index is 1030. The molecule has 28 heavy (non-hydrogen) atoms. The molecule has 1 atom stereocenters. The second-order valence-electron chi connectivity index (χ2n) is 5.91. The molecular weight excluding hydrogens is 418 g/mol. The minimum atomic E-state index is -4.11. The first-order valence-electron chi connectivity index (χ1n) is 8.34. The van der Waals surface area contributed by atoms with Crippen LogP contribution in [-0.4, -0.2) is 30.8 Å². The lowest BCUT2D eigenvalue weighted by molar-refractivity contribution is -0.120. The van der Waals surface area contributed by atoms with E-state index >= 15 is 0 Å². The Kier molecular flexibility index (Phi) is 6.13. The van der Waals surface area contributed by atoms with Crippen molar-refractivity contribution in [3.05, 3.63) is 46.7 Å². The number of sulfone groups is 1. The molecule has 1 fully saturated rings. The normalized spacial score (nSPS) is 19.0. The van der Waals surface area contributed by atoms with E-state index < -0.39 is 25.1 Å². The summed E-state index contributed by atoms with van der Waals surface area (Å²) in [5, 5.41) is 3.38. The zero-order valence-corrected chi connectivity index (χ0v) is 17.4. The number of carbonyl (C=O) groups excluding carboxylic acids is 2. The third-order valence-corrected chi connectivity index (χ3v) is 9.01. The van der Waals surface area contributed by atoms with Crippen LogP contribution < -0.4 is 10.1 Å². The van der Waals surface area contributed by atoms with Gasteiger partial charge in [-0.15, -0.1) is 11.3 Å². The van der Waals surface area contributed by atoms with Gasteiger partial charge in [0.15, 0.2) is 0 Å². The van der Waals surface area contributed by atoms with E-state index in [1.807, 2.05) is 17.5 Å². The van der Waals surface area contributed by atoms with Crippen molar-refractivity contribution in [3.8, 4) is 17.6 Å². The molecule has 0 saturated carbocycles. The Morgan fingerprint density at radius 2 is 1.93 bits per heavy atom. The summed E-state index contributed by atoms with van der Waals surface area (Å²) in [6.45, 7) is 0. The molecule has 6 nitrogen and oxygen atoms in total. The number of amides is 2. The maximum Gasteiger partial charge on any atom is 0.287 e. The van der Waals surface area contributed by atoms with Crippen LogP contribution in [0, 0.1) is 11.8 Å². The first kappa shape index (κ1) is 20.5. The van der Waals surface area contributed by atoms with E-state index in [-0.39, 0.29) is 11.3 Å². The molecule has 1 saturated heterocycles. The smallest absolute Gasteiger partial charge is 0.287 e. The summed E-state index contributed by atoms with van der Waals surface area (Å²) in [6.07, 6.45) is 0.768. The van der Waals surface area contributed by atoms with Gasteiger partial charge in [0, 0.05) is 6.42 Å². The molecule has 1 aromatic carbocycles. The lowest BCUT2D eigenvalue weighted by atomic mass is 10.1. The molecule has 1 N–H and O–H groups in total. The number of hydrogen-bond acceptors (Lipinski definition) is 7. The summed E-state index contributed by atoms with van der Waals surface area (Å²) < 4.78 is 29.7. The number of rotatable bonds is 6. The van der Waals surface area contributed by atoms with E-state index in [9.17, 15) is 18.0 Å². The van der Waals surface area contributed by atoms with Crippen LogP contribution in [0.2, 0.25) is 0 Å². The van der Waals surface area contributed by atoms with Crippen molar-refractivity contribution in [1.29, 1.82) is 0 Å². The molecule has 1 aliphatic rings. The zero-order valence-electron chi connectivity index (χ0n) is 14.9. The minimum absolute atomic E-state index is 0.0112. The van der Waals surface area contributed by atoms with Crippen LogP contribution in [-0.2, 0) is 14.6 Å². The molecule has 1 aromatic heterocycles. The number of thioether (sulfide) groups is 1. The van der Waals surface area contributed by atoms with Crippen LogP contribution in [0.1, 0.15) is 24.1 Å². The maximum absolute atomic E-state index is 13.3. The topological polar surface area (TPSA) is 89.5 Å². The molecule has 1 aliphatic heterocycles. The molecule has 1 unspecified atom stereocenters. The van der Waals surface area contributed by atoms with Crippen LogP contribution in [0.25, 0.3) is 0 Å². The van der Waals surface area contributed by atoms with Gasteiger partial charge in [-0.25, -0.2) is 8.42 Å². The van der Waals surface area contributed by atoms with E-state index in [0.29, 0.717) is 30.4 Å². The number of methoxy groups -OCH3 is 1. The average Bonchev–Trinajstić information content (AvgIpc) is 3.29. The van der Waals surface area contributed by atoms with Gasteiger partial charge in [0.1, 0.15) is 5.75 Å². The number of ether oxygens (including phenoxy) is 1. The summed E-state index contributed by atoms with van der Waals surface area (Å²) in [4.78, 5) is 25.2. The quantitative estimate of drug-likeness (QED) is 0.552. The minimum Gasteiger partial charge on any atom is -0.497 e. The number of imide groups is 1. The average molecular weight is 436 g/mol. The second-order valence-corrected chi connectivity index (χ2v) is 10.6. The first-order chi connectivity index (χ1) is 13.4. The molecule has 2 aromatic rings. The van der Waals surface area contributed by atoms with E-state index in [1.165, 1.54) is 42.7 Å². The number of hydrogen-bond donors (Lipinski definition) is 1. The van der Waals surface area contributed by atoms with Gasteiger partial charge in [0.2, 0.25) is 13.9 Å². The fraction of sp³-hybridized carbons (Fsp3) is 0.263. The third-order valence-electron chi connectivity index (χ3n) is 4.16. The zero-order chi connectivity index (χ0) is 20.2. The van der Waals surface area contributed by atoms with Gasteiger partial charge in [-0.1, -0.05) is 17.9 Å². The molecule has 0 aliphatic carbocycles. The highest BCUT2D eigenvalue weighted by Crippen LogP contribution is 2.44. The summed E-state index contributed by atoms with van der Waals surface area (Å²) >= 11 is 2.04. The molecule has 0 spiro atoms. The molecule has 0 radical (unpaired) electrons. The Morgan fingerprint density at radius 3 is 2.50 bits per heavy atom. The van der Waals surface area contributed by atoms with Crippen molar-refractivity contribution < 1.29 is 22.7 Å². The van der Waals surface area contributed by atoms with Gasteiger partial charge in [-0.3, -0.25) is 14.9 Å². The van der Waals surface area contributed by atoms with E-state index in [4.69, 9.17) is 4.74 Å². The van der Waals surface area contributed by atoms with E-state index in [1.54, 1.807) is 0 Å². The van der Waals surface area contributed by atoms with Gasteiger partial charge in [-0.2, -0.15) is 0 Å². The number of nitrogens with one attached hydrogen (secondary N) is 1. The third kappa shape index (κ3) is 3.94. The van der Waals surface area contributed by atoms with Crippen LogP contribution in [0.5, 0.6) is 5.75 Å². The van der Waals surface area contributed by atoms with Crippen molar-refractivity contribution in [2.45, 2.75) is 28.2 Å². The van der Waals surface area contributed by atoms with Gasteiger partial charge in [0.25, 0.3) is 11.1 Å². The molecule has 9 heteroatoms. The van der Waals surface area contributed by atoms with Crippen LogP contribution in [0.15, 0.2) is 46.7 Å². The summed E-state index contributed by atoms with van der Waals surface area (Å²) in [5.41, 5.74) is 0. The van der Waals surface area contributed by atoms with Crippen LogP contribution >= 0.6 is 23.1 Å². The van der Waals surface area contributed by atoms with Gasteiger partial charge in [-0.05, 0) is 60.3 Å². The van der Waals surface area contributed by atoms with Gasteiger partial charge < -0.3 is 4.74 Å². The molecule has 2 heterocycles. The van der Waals surface area contributed by atoms with Crippen LogP contribution in [0.4, 0.5) is 4.79 Å². The Hall–Kier alpha value is -2.28. The molecular formula is C19H17NO5S3. The SMILES string of the molecule is COc1ccc(S(=O)(=O)C2(CCCC#Cc3cccs3)SC(=O)NC2=O)cc1. The number of unbranched alkanes of at least 4 members (excludes halogenated alkanes) is 1. The standard InChI is InChI=1S/C19H17NO5S3/c1-25-14-8-10-16(11-9-14)28(23,24)19(17(21)20-18(22)27-19)12-4-2-3-6-15-7-5-13-26-15/h5,7-11,13H,2,4,12H2,1H3,(H,20,21,22). The highest BCUT2D eigenvalue weighted by molar-refractivity contribution is 8.25. The van der Waals surface area contributed by atoms with Crippen molar-refractivity contribution >= 4 is 44.1 Å². The highest BCUT2D eigenvalue weighted by atomic mass is 32.3.